The minimum absolute atomic E-state index is 0.170. The molecule has 3 nitrogen and oxygen atoms in total. The van der Waals surface area contributed by atoms with Crippen molar-refractivity contribution in [3.8, 4) is 0 Å². The van der Waals surface area contributed by atoms with Crippen molar-refractivity contribution in [2.75, 3.05) is 26.2 Å². The Morgan fingerprint density at radius 3 is 2.81 bits per heavy atom. The SMILES string of the molecule is CC1(C)CN(CC2OCCc3ccccc32)C(C)(C)CN1. The predicted octanol–water partition coefficient (Wildman–Crippen LogP) is 2.76. The highest BCUT2D eigenvalue weighted by molar-refractivity contribution is 5.31. The van der Waals surface area contributed by atoms with E-state index >= 15 is 0 Å². The van der Waals surface area contributed by atoms with Gasteiger partial charge in [-0.1, -0.05) is 24.3 Å². The second-order valence-corrected chi connectivity index (χ2v) is 7.74. The van der Waals surface area contributed by atoms with Crippen molar-refractivity contribution in [1.82, 2.24) is 10.2 Å². The topological polar surface area (TPSA) is 24.5 Å². The number of benzene rings is 1. The quantitative estimate of drug-likeness (QED) is 0.905. The van der Waals surface area contributed by atoms with Crippen LogP contribution in [-0.2, 0) is 11.2 Å². The van der Waals surface area contributed by atoms with Gasteiger partial charge in [0.2, 0.25) is 0 Å². The molecular weight excluding hydrogens is 260 g/mol. The number of ether oxygens (including phenoxy) is 1. The predicted molar refractivity (Wildman–Crippen MR) is 86.6 cm³/mol. The minimum Gasteiger partial charge on any atom is -0.372 e. The molecule has 0 radical (unpaired) electrons. The van der Waals surface area contributed by atoms with E-state index in [0.29, 0.717) is 0 Å². The fourth-order valence-corrected chi connectivity index (χ4v) is 3.45. The van der Waals surface area contributed by atoms with E-state index in [-0.39, 0.29) is 17.2 Å². The number of rotatable bonds is 2. The molecule has 2 aliphatic rings. The number of hydrogen-bond donors (Lipinski definition) is 1. The number of hydrogen-bond acceptors (Lipinski definition) is 3. The molecule has 1 saturated heterocycles. The van der Waals surface area contributed by atoms with Gasteiger partial charge in [-0.3, -0.25) is 4.90 Å². The number of nitrogens with zero attached hydrogens (tertiary/aromatic N) is 1. The summed E-state index contributed by atoms with van der Waals surface area (Å²) in [5.74, 6) is 0. The second-order valence-electron chi connectivity index (χ2n) is 7.74. The zero-order valence-electron chi connectivity index (χ0n) is 13.8. The van der Waals surface area contributed by atoms with Gasteiger partial charge in [-0.25, -0.2) is 0 Å². The van der Waals surface area contributed by atoms with Gasteiger partial charge in [0.15, 0.2) is 0 Å². The van der Waals surface area contributed by atoms with Gasteiger partial charge in [0.1, 0.15) is 0 Å². The second kappa shape index (κ2) is 5.38. The van der Waals surface area contributed by atoms with E-state index < -0.39 is 0 Å². The number of nitrogens with one attached hydrogen (secondary N) is 1. The molecule has 2 heterocycles. The van der Waals surface area contributed by atoms with Crippen LogP contribution < -0.4 is 5.32 Å². The van der Waals surface area contributed by atoms with Crippen LogP contribution in [0.25, 0.3) is 0 Å². The lowest BCUT2D eigenvalue weighted by Crippen LogP contribution is -2.66. The Hall–Kier alpha value is -0.900. The molecule has 116 valence electrons. The molecule has 1 aromatic rings. The molecule has 0 bridgehead atoms. The van der Waals surface area contributed by atoms with Crippen LogP contribution in [0.5, 0.6) is 0 Å². The molecule has 1 fully saturated rings. The first-order chi connectivity index (χ1) is 9.87. The Kier molecular flexibility index (Phi) is 3.85. The molecule has 0 amide bonds. The summed E-state index contributed by atoms with van der Waals surface area (Å²) in [4.78, 5) is 2.59. The summed E-state index contributed by atoms with van der Waals surface area (Å²) < 4.78 is 6.11. The third-order valence-corrected chi connectivity index (χ3v) is 4.92. The molecule has 0 saturated carbocycles. The largest absolute Gasteiger partial charge is 0.372 e. The van der Waals surface area contributed by atoms with E-state index in [1.807, 2.05) is 0 Å². The Balaban J connectivity index is 1.80. The van der Waals surface area contributed by atoms with Crippen LogP contribution in [0.2, 0.25) is 0 Å². The Labute approximate surface area is 128 Å². The smallest absolute Gasteiger partial charge is 0.0954 e. The molecule has 3 rings (SSSR count). The van der Waals surface area contributed by atoms with Crippen LogP contribution in [0.1, 0.15) is 44.9 Å². The summed E-state index contributed by atoms with van der Waals surface area (Å²) in [5, 5.41) is 3.65. The van der Waals surface area contributed by atoms with Gasteiger partial charge < -0.3 is 10.1 Å². The monoisotopic (exact) mass is 288 g/mol. The van der Waals surface area contributed by atoms with Crippen LogP contribution in [0.15, 0.2) is 24.3 Å². The van der Waals surface area contributed by atoms with Crippen LogP contribution in [0.3, 0.4) is 0 Å². The zero-order valence-corrected chi connectivity index (χ0v) is 13.8. The van der Waals surface area contributed by atoms with E-state index in [9.17, 15) is 0 Å². The zero-order chi connectivity index (χ0) is 15.1. The van der Waals surface area contributed by atoms with E-state index in [1.165, 1.54) is 11.1 Å². The Morgan fingerprint density at radius 1 is 1.24 bits per heavy atom. The molecule has 0 spiro atoms. The van der Waals surface area contributed by atoms with Gasteiger partial charge >= 0.3 is 0 Å². The van der Waals surface area contributed by atoms with Crippen LogP contribution in [0.4, 0.5) is 0 Å². The summed E-state index contributed by atoms with van der Waals surface area (Å²) >= 11 is 0. The van der Waals surface area contributed by atoms with Crippen molar-refractivity contribution >= 4 is 0 Å². The fraction of sp³-hybridized carbons (Fsp3) is 0.667. The van der Waals surface area contributed by atoms with Crippen molar-refractivity contribution in [3.05, 3.63) is 35.4 Å². The maximum atomic E-state index is 6.11. The molecule has 1 atom stereocenters. The first kappa shape index (κ1) is 15.0. The molecule has 21 heavy (non-hydrogen) atoms. The molecule has 0 aliphatic carbocycles. The van der Waals surface area contributed by atoms with Crippen molar-refractivity contribution in [2.24, 2.45) is 0 Å². The summed E-state index contributed by atoms with van der Waals surface area (Å²) in [6.07, 6.45) is 1.26. The van der Waals surface area contributed by atoms with E-state index in [1.54, 1.807) is 0 Å². The van der Waals surface area contributed by atoms with Crippen LogP contribution in [0, 0.1) is 0 Å². The highest BCUT2D eigenvalue weighted by Crippen LogP contribution is 2.31. The summed E-state index contributed by atoms with van der Waals surface area (Å²) in [6, 6.07) is 8.75. The van der Waals surface area contributed by atoms with Gasteiger partial charge in [0.05, 0.1) is 12.7 Å². The molecule has 3 heteroatoms. The highest BCUT2D eigenvalue weighted by atomic mass is 16.5. The molecule has 0 aromatic heterocycles. The van der Waals surface area contributed by atoms with Gasteiger partial charge in [0, 0.05) is 30.7 Å². The summed E-state index contributed by atoms with van der Waals surface area (Å²) in [6.45, 7) is 13.1. The fourth-order valence-electron chi connectivity index (χ4n) is 3.45. The Morgan fingerprint density at radius 2 is 2.00 bits per heavy atom. The molecule has 1 aromatic carbocycles. The molecule has 2 aliphatic heterocycles. The minimum atomic E-state index is 0.170. The average Bonchev–Trinajstić information content (AvgIpc) is 2.44. The lowest BCUT2D eigenvalue weighted by Gasteiger charge is -2.50. The molecule has 1 unspecified atom stereocenters. The van der Waals surface area contributed by atoms with Gasteiger partial charge in [-0.2, -0.15) is 0 Å². The number of fused-ring (bicyclic) bond motifs is 1. The van der Waals surface area contributed by atoms with Gasteiger partial charge in [-0.05, 0) is 45.2 Å². The third-order valence-electron chi connectivity index (χ3n) is 4.92. The lowest BCUT2D eigenvalue weighted by atomic mass is 9.89. The van der Waals surface area contributed by atoms with Gasteiger partial charge in [-0.15, -0.1) is 0 Å². The van der Waals surface area contributed by atoms with Crippen molar-refractivity contribution in [2.45, 2.75) is 51.3 Å². The Bertz CT molecular complexity index is 510. The van der Waals surface area contributed by atoms with Crippen LogP contribution in [-0.4, -0.2) is 42.2 Å². The maximum Gasteiger partial charge on any atom is 0.0954 e. The van der Waals surface area contributed by atoms with E-state index in [4.69, 9.17) is 4.74 Å². The van der Waals surface area contributed by atoms with E-state index in [0.717, 1.165) is 32.7 Å². The average molecular weight is 288 g/mol. The molecule has 1 N–H and O–H groups in total. The summed E-state index contributed by atoms with van der Waals surface area (Å²) in [5.41, 5.74) is 3.19. The maximum absolute atomic E-state index is 6.11. The number of piperazine rings is 1. The highest BCUT2D eigenvalue weighted by Gasteiger charge is 2.39. The third kappa shape index (κ3) is 3.15. The summed E-state index contributed by atoms with van der Waals surface area (Å²) in [7, 11) is 0. The van der Waals surface area contributed by atoms with Crippen molar-refractivity contribution in [1.29, 1.82) is 0 Å². The van der Waals surface area contributed by atoms with Crippen molar-refractivity contribution < 1.29 is 4.74 Å². The standard InChI is InChI=1S/C18H28N2O/c1-17(2)13-20(18(3,4)12-19-17)11-16-15-8-6-5-7-14(15)9-10-21-16/h5-8,16,19H,9-13H2,1-4H3. The van der Waals surface area contributed by atoms with E-state index in [2.05, 4.69) is 62.2 Å². The first-order valence-corrected chi connectivity index (χ1v) is 8.07. The van der Waals surface area contributed by atoms with Gasteiger partial charge in [0.25, 0.3) is 0 Å². The normalized spacial score (nSPS) is 28.1. The lowest BCUT2D eigenvalue weighted by molar-refractivity contribution is -0.0337. The van der Waals surface area contributed by atoms with Crippen LogP contribution >= 0.6 is 0 Å². The molecular formula is C18H28N2O. The first-order valence-electron chi connectivity index (χ1n) is 8.07. The van der Waals surface area contributed by atoms with Crippen molar-refractivity contribution in [3.63, 3.8) is 0 Å².